The van der Waals surface area contributed by atoms with E-state index in [9.17, 15) is 72.5 Å². The molecule has 0 amide bonds. The number of aromatic carboxylic acids is 3. The number of hydrogen-bond donors (Lipinski definition) is 3. The second kappa shape index (κ2) is 32.3. The molecule has 1 heterocycles. The molecule has 8 rings (SSSR count). The van der Waals surface area contributed by atoms with E-state index in [1.54, 1.807) is 26.8 Å². The number of carbonyl (C=O) groups is 3. The molecule has 0 saturated carbocycles. The third kappa shape index (κ3) is 18.4. The number of anilines is 4. The van der Waals surface area contributed by atoms with Crippen molar-refractivity contribution in [2.45, 2.75) is 61.1 Å². The molecule has 0 aromatic heterocycles. The maximum atomic E-state index is 13.8. The zero-order valence-corrected chi connectivity index (χ0v) is 68.8. The van der Waals surface area contributed by atoms with Crippen LogP contribution in [0.5, 0.6) is 0 Å². The number of sulfonamides is 2. The molecular formula is C52H37K6N4O17S4-. The summed E-state index contributed by atoms with van der Waals surface area (Å²) in [6.45, 7) is 9.40. The monoisotopic (exact) mass is 1350 g/mol. The molecule has 0 unspecified atom stereocenters. The van der Waals surface area contributed by atoms with E-state index in [4.69, 9.17) is 4.42 Å². The molecule has 3 N–H and O–H groups in total. The Bertz CT molecular complexity index is 4400. The number of rotatable bonds is 15. The number of aryl methyl sites for hydroxylation is 4. The first kappa shape index (κ1) is 80.5. The minimum absolute atomic E-state index is 0. The summed E-state index contributed by atoms with van der Waals surface area (Å²) in [5, 5.41) is 37.6. The molecule has 6 aromatic carbocycles. The molecule has 2 aliphatic rings. The average molecular weight is 1350 g/mol. The first-order valence-electron chi connectivity index (χ1n) is 22.2. The van der Waals surface area contributed by atoms with Gasteiger partial charge in [0.25, 0.3) is 10.0 Å². The Labute approximate surface area is 733 Å². The minimum atomic E-state index is -5.53. The van der Waals surface area contributed by atoms with Crippen LogP contribution in [0.25, 0.3) is 33.4 Å². The Morgan fingerprint density at radius 1 is 0.530 bits per heavy atom. The second-order valence-electron chi connectivity index (χ2n) is 17.6. The summed E-state index contributed by atoms with van der Waals surface area (Å²) >= 11 is 0. The Morgan fingerprint density at radius 2 is 1.04 bits per heavy atom. The van der Waals surface area contributed by atoms with Gasteiger partial charge in [0.15, 0.2) is 0 Å². The summed E-state index contributed by atoms with van der Waals surface area (Å²) < 4.78 is 144. The van der Waals surface area contributed by atoms with Crippen LogP contribution in [0.2, 0.25) is 0 Å². The smallest absolute Gasteiger partial charge is 0.744 e. The summed E-state index contributed by atoms with van der Waals surface area (Å²) in [5.74, 6) is -5.61. The second-order valence-corrected chi connectivity index (χ2v) is 23.6. The van der Waals surface area contributed by atoms with Gasteiger partial charge in [-0.2, -0.15) is 30.3 Å². The van der Waals surface area contributed by atoms with E-state index < -0.39 is 99.8 Å². The molecule has 0 fully saturated rings. The molecule has 0 spiro atoms. The van der Waals surface area contributed by atoms with E-state index in [1.165, 1.54) is 57.2 Å². The van der Waals surface area contributed by atoms with Crippen LogP contribution in [0.4, 0.5) is 28.4 Å². The standard InChI is InChI=1S/C52H42N4O17S4.6K/c1-25-16-27(3)48(55-74(63,64)35-11-9-10-31(19-35)50(57)58)29(5)46(25)53-34-14-15-37-41(22-34)73-42-24-40(44(77(70,71)72)23-39(42)45(37)38-12-7-8-13-43(38)76(67,68)69)54-47-26(2)17-28(4)49(30(47)6)56-75(65,66)36-20-32(51(59)60)18-33(21-36)52(61)62;;;;;;/h7-8,10-13,15-24,53,55-56H,1-6H3,(H,57,58)(H,59,60)(H,61,62)(H,67,68,69)(H,70,71,72);;;;;;/q-2;6*+1/p-5. The van der Waals surface area contributed by atoms with Gasteiger partial charge in [-0.15, -0.1) is 17.7 Å². The van der Waals surface area contributed by atoms with E-state index in [-0.39, 0.29) is 376 Å². The molecule has 31 heteroatoms. The van der Waals surface area contributed by atoms with Crippen LogP contribution in [-0.2, 0) is 40.3 Å². The summed E-state index contributed by atoms with van der Waals surface area (Å²) in [4.78, 5) is 36.5. The van der Waals surface area contributed by atoms with Gasteiger partial charge in [0.1, 0.15) is 26.0 Å². The van der Waals surface area contributed by atoms with Gasteiger partial charge >= 0.3 is 308 Å². The molecule has 6 aromatic rings. The molecule has 0 saturated heterocycles. The summed E-state index contributed by atoms with van der Waals surface area (Å²) in [6.07, 6.45) is 0. The van der Waals surface area contributed by atoms with Crippen LogP contribution in [0.15, 0.2) is 126 Å². The van der Waals surface area contributed by atoms with Crippen molar-refractivity contribution in [1.82, 2.24) is 0 Å². The van der Waals surface area contributed by atoms with Crippen LogP contribution in [0, 0.1) is 53.7 Å². The van der Waals surface area contributed by atoms with Crippen LogP contribution in [-0.4, -0.2) is 60.7 Å². The predicted octanol–water partition coefficient (Wildman–Crippen LogP) is -13.8. The van der Waals surface area contributed by atoms with Gasteiger partial charge in [-0.1, -0.05) is 47.0 Å². The van der Waals surface area contributed by atoms with Gasteiger partial charge in [0.05, 0.1) is 49.0 Å². The van der Waals surface area contributed by atoms with E-state index in [0.717, 1.165) is 36.4 Å². The predicted molar refractivity (Wildman–Crippen MR) is 269 cm³/mol. The molecule has 83 heavy (non-hydrogen) atoms. The number of hydrogen-bond acceptors (Lipinski definition) is 19. The molecule has 21 nitrogen and oxygen atoms in total. The number of fused-ring (bicyclic) bond motifs is 2. The van der Waals surface area contributed by atoms with Gasteiger partial charge in [0, 0.05) is 28.9 Å². The summed E-state index contributed by atoms with van der Waals surface area (Å²) in [5.41, 5.74) is -0.0641. The van der Waals surface area contributed by atoms with Crippen LogP contribution < -0.4 is 344 Å². The molecular weight excluding hydrogens is 1320 g/mol. The minimum Gasteiger partial charge on any atom is -0.744 e. The van der Waals surface area contributed by atoms with E-state index in [1.807, 2.05) is 0 Å². The van der Waals surface area contributed by atoms with Crippen molar-refractivity contribution in [2.75, 3.05) is 14.8 Å². The van der Waals surface area contributed by atoms with E-state index in [0.29, 0.717) is 46.1 Å². The van der Waals surface area contributed by atoms with Crippen molar-refractivity contribution in [1.29, 1.82) is 0 Å². The Hall–Kier alpha value is 1.36. The van der Waals surface area contributed by atoms with Crippen molar-refractivity contribution in [3.8, 4) is 22.5 Å². The van der Waals surface area contributed by atoms with Crippen molar-refractivity contribution in [3.63, 3.8) is 0 Å². The zero-order valence-electron chi connectivity index (χ0n) is 46.8. The van der Waals surface area contributed by atoms with Crippen molar-refractivity contribution in [2.24, 2.45) is 4.99 Å². The zero-order chi connectivity index (χ0) is 56.4. The topological polar surface area (TPSA) is 365 Å². The fourth-order valence-electron chi connectivity index (χ4n) is 8.78. The van der Waals surface area contributed by atoms with Gasteiger partial charge in [0.2, 0.25) is 10.0 Å². The molecule has 398 valence electrons. The van der Waals surface area contributed by atoms with Gasteiger partial charge in [-0.25, -0.2) is 38.7 Å². The summed E-state index contributed by atoms with van der Waals surface area (Å²) in [7, 11) is -20.0. The molecule has 1 aliphatic carbocycles. The number of carboxylic acids is 3. The van der Waals surface area contributed by atoms with Crippen molar-refractivity contribution >= 4 is 97.6 Å². The number of benzene rings is 7. The molecule has 1 aliphatic heterocycles. The SMILES string of the molecule is Cc1cc(C)c(NS(=O)(=O)c2cc(C(=O)[O-])cc(C(=O)[O-])c2)c(C)c1N=c1cc2oc3cc(Nc4c(C)cc(C)c(NS(=O)(=O)c5c[c-]cc(C(=O)[O-])c5)c4C)[c-]cc3c(-c3ccccc3S(=O)(=O)[O-])c-2cc1S(=O)(=O)[O-].[K+].[K+].[K+].[K+].[K+].[K+]. The number of carbonyl (C=O) groups excluding carboxylic acids is 3. The van der Waals surface area contributed by atoms with Crippen molar-refractivity contribution in [3.05, 3.63) is 165 Å². The van der Waals surface area contributed by atoms with Gasteiger partial charge in [-0.3, -0.25) is 9.44 Å². The third-order valence-corrected chi connectivity index (χ3v) is 16.7. The Morgan fingerprint density at radius 3 is 1.59 bits per heavy atom. The van der Waals surface area contributed by atoms with Gasteiger partial charge in [-0.05, 0) is 127 Å². The number of carboxylic acid groups (broad SMARTS) is 3. The largest absolute Gasteiger partial charge is 1.00 e. The first-order valence-corrected chi connectivity index (χ1v) is 28.0. The molecule has 0 bridgehead atoms. The number of nitrogens with zero attached hydrogens (tertiary/aromatic N) is 1. The Balaban J connectivity index is 0.00000392. The third-order valence-electron chi connectivity index (χ3n) is 12.3. The maximum absolute atomic E-state index is 13.8. The maximum Gasteiger partial charge on any atom is 1.00 e. The fraction of sp³-hybridized carbons (Fsp3) is 0.115. The van der Waals surface area contributed by atoms with Gasteiger partial charge < -0.3 is 48.5 Å². The first-order chi connectivity index (χ1) is 35.9. The quantitative estimate of drug-likeness (QED) is 0.0371. The van der Waals surface area contributed by atoms with Crippen LogP contribution in [0.3, 0.4) is 0 Å². The number of nitrogens with one attached hydrogen (secondary N) is 3. The van der Waals surface area contributed by atoms with Crippen LogP contribution in [0.1, 0.15) is 64.5 Å². The van der Waals surface area contributed by atoms with E-state index in [2.05, 4.69) is 31.9 Å². The summed E-state index contributed by atoms with van der Waals surface area (Å²) in [6, 6.07) is 23.3. The van der Waals surface area contributed by atoms with E-state index >= 15 is 0 Å². The Kier molecular flexibility index (Phi) is 31.3. The normalized spacial score (nSPS) is 11.5. The average Bonchev–Trinajstić information content (AvgIpc) is 3.54. The van der Waals surface area contributed by atoms with Crippen molar-refractivity contribution < 1.29 is 385 Å². The molecule has 0 radical (unpaired) electrons. The molecule has 0 atom stereocenters. The van der Waals surface area contributed by atoms with Crippen LogP contribution >= 0.6 is 0 Å². The fourth-order valence-corrected chi connectivity index (χ4v) is 12.6.